The van der Waals surface area contributed by atoms with Crippen LogP contribution in [0.5, 0.6) is 11.5 Å². The summed E-state index contributed by atoms with van der Waals surface area (Å²) in [5, 5.41) is 8.92. The Bertz CT molecular complexity index is 1050. The van der Waals surface area contributed by atoms with Crippen LogP contribution in [-0.2, 0) is 22.7 Å². The number of hydrogen-bond acceptors (Lipinski definition) is 5. The van der Waals surface area contributed by atoms with E-state index in [-0.39, 0.29) is 30.0 Å². The van der Waals surface area contributed by atoms with Crippen LogP contribution in [0.3, 0.4) is 0 Å². The van der Waals surface area contributed by atoms with Gasteiger partial charge < -0.3 is 25.2 Å². The highest BCUT2D eigenvalue weighted by atomic mass is 19.1. The molecule has 9 heteroatoms. The summed E-state index contributed by atoms with van der Waals surface area (Å²) < 4.78 is 33.3. The first-order valence-electron chi connectivity index (χ1n) is 9.58. The van der Waals surface area contributed by atoms with Crippen molar-refractivity contribution in [1.82, 2.24) is 4.90 Å². The Kier molecular flexibility index (Phi) is 5.78. The number of carbonyl (C=O) groups excluding carboxylic acids is 2. The number of fused-ring (bicyclic) bond motifs is 1. The van der Waals surface area contributed by atoms with Gasteiger partial charge in [-0.1, -0.05) is 6.07 Å². The molecule has 1 heterocycles. The predicted octanol–water partition coefficient (Wildman–Crippen LogP) is 2.09. The molecule has 0 aliphatic carbocycles. The van der Waals surface area contributed by atoms with Gasteiger partial charge in [0.15, 0.2) is 0 Å². The number of nitrogens with two attached hydrogens (primary N) is 1. The van der Waals surface area contributed by atoms with E-state index in [1.807, 2.05) is 0 Å². The summed E-state index contributed by atoms with van der Waals surface area (Å²) in [6, 6.07) is 6.64. The monoisotopic (exact) mass is 417 g/mol. The summed E-state index contributed by atoms with van der Waals surface area (Å²) in [5.74, 6) is -2.73. The summed E-state index contributed by atoms with van der Waals surface area (Å²) in [5.41, 5.74) is 6.21. The molecular weight excluding hydrogens is 395 g/mol. The second-order valence-electron chi connectivity index (χ2n) is 6.62. The minimum Gasteiger partial charge on any atom is -0.497 e. The van der Waals surface area contributed by atoms with Gasteiger partial charge in [0.1, 0.15) is 29.9 Å². The van der Waals surface area contributed by atoms with Crippen LogP contribution in [-0.4, -0.2) is 40.9 Å². The molecule has 1 atom stereocenters. The minimum absolute atomic E-state index is 0.144. The summed E-state index contributed by atoms with van der Waals surface area (Å²) in [7, 11) is 1.46. The van der Waals surface area contributed by atoms with Gasteiger partial charge in [-0.05, 0) is 36.8 Å². The highest BCUT2D eigenvalue weighted by Crippen LogP contribution is 2.33. The summed E-state index contributed by atoms with van der Waals surface area (Å²) in [6.45, 7) is -0.314. The smallest absolute Gasteiger partial charge is 0.303 e. The standard InChI is InChI=1S/C21H21FN2O6/c1-29-13-5-6-16(22)12(9-13)11-30-18-4-2-3-14-15(18)10-24(21(14)28)17(20(23)27)7-8-19(25)26/h2-6,9,17H,7-8,10-11H2,1H3,(H2,23,27)(H,25,26)/t17-/m1/s1/i17D. The van der Waals surface area contributed by atoms with E-state index >= 15 is 0 Å². The molecule has 0 fully saturated rings. The Balaban J connectivity index is 1.86. The number of benzene rings is 2. The third-order valence-electron chi connectivity index (χ3n) is 4.75. The molecule has 2 aromatic carbocycles. The lowest BCUT2D eigenvalue weighted by atomic mass is 10.1. The van der Waals surface area contributed by atoms with Crippen molar-refractivity contribution in [2.75, 3.05) is 7.11 Å². The molecule has 3 N–H and O–H groups in total. The topological polar surface area (TPSA) is 119 Å². The number of methoxy groups -OCH3 is 1. The molecule has 30 heavy (non-hydrogen) atoms. The number of amides is 2. The van der Waals surface area contributed by atoms with Crippen LogP contribution < -0.4 is 15.2 Å². The Morgan fingerprint density at radius 2 is 2.13 bits per heavy atom. The fraction of sp³-hybridized carbons (Fsp3) is 0.286. The molecule has 0 radical (unpaired) electrons. The van der Waals surface area contributed by atoms with E-state index < -0.39 is 42.5 Å². The second-order valence-corrected chi connectivity index (χ2v) is 6.62. The van der Waals surface area contributed by atoms with Crippen LogP contribution >= 0.6 is 0 Å². The van der Waals surface area contributed by atoms with Crippen LogP contribution in [0.2, 0.25) is 0 Å². The van der Waals surface area contributed by atoms with Gasteiger partial charge in [-0.25, -0.2) is 4.39 Å². The van der Waals surface area contributed by atoms with E-state index in [1.165, 1.54) is 31.4 Å². The number of aliphatic carboxylic acids is 1. The van der Waals surface area contributed by atoms with Crippen LogP contribution in [0.25, 0.3) is 0 Å². The van der Waals surface area contributed by atoms with E-state index in [4.69, 9.17) is 21.7 Å². The van der Waals surface area contributed by atoms with E-state index in [9.17, 15) is 18.8 Å². The molecule has 158 valence electrons. The molecule has 0 saturated heterocycles. The maximum Gasteiger partial charge on any atom is 0.303 e. The number of primary amides is 1. The summed E-state index contributed by atoms with van der Waals surface area (Å²) in [4.78, 5) is 36.7. The Morgan fingerprint density at radius 1 is 1.37 bits per heavy atom. The number of carbonyl (C=O) groups is 3. The molecule has 0 aromatic heterocycles. The van der Waals surface area contributed by atoms with Crippen molar-refractivity contribution in [3.8, 4) is 11.5 Å². The molecule has 1 aliphatic heterocycles. The first-order valence-corrected chi connectivity index (χ1v) is 9.08. The van der Waals surface area contributed by atoms with Crippen molar-refractivity contribution < 1.29 is 34.7 Å². The van der Waals surface area contributed by atoms with Crippen molar-refractivity contribution in [3.05, 3.63) is 58.9 Å². The van der Waals surface area contributed by atoms with Gasteiger partial charge in [-0.15, -0.1) is 0 Å². The quantitative estimate of drug-likeness (QED) is 0.645. The van der Waals surface area contributed by atoms with Crippen LogP contribution in [0.15, 0.2) is 36.4 Å². The molecule has 3 rings (SSSR count). The molecule has 0 spiro atoms. The van der Waals surface area contributed by atoms with Gasteiger partial charge in [-0.2, -0.15) is 0 Å². The number of carboxylic acids is 1. The minimum atomic E-state index is -2.23. The number of nitrogens with zero attached hydrogens (tertiary/aromatic N) is 1. The highest BCUT2D eigenvalue weighted by Gasteiger charge is 2.37. The SMILES string of the molecule is [2H][C@@](CCC(=O)O)(C(N)=O)N1Cc2c(OCc3cc(OC)ccc3F)cccc2C1=O. The lowest BCUT2D eigenvalue weighted by Gasteiger charge is -2.24. The van der Waals surface area contributed by atoms with Crippen LogP contribution in [0.1, 0.15) is 35.7 Å². The van der Waals surface area contributed by atoms with Crippen molar-refractivity contribution in [2.24, 2.45) is 5.73 Å². The highest BCUT2D eigenvalue weighted by molar-refractivity contribution is 6.01. The van der Waals surface area contributed by atoms with Gasteiger partial charge in [0, 0.05) is 23.1 Å². The zero-order valence-electron chi connectivity index (χ0n) is 17.2. The van der Waals surface area contributed by atoms with E-state index in [2.05, 4.69) is 0 Å². The number of ether oxygens (including phenoxy) is 2. The number of carboxylic acid groups (broad SMARTS) is 1. The maximum absolute atomic E-state index is 14.1. The number of hydrogen-bond donors (Lipinski definition) is 2. The molecule has 2 aromatic rings. The second kappa shape index (κ2) is 8.81. The lowest BCUT2D eigenvalue weighted by molar-refractivity contribution is -0.137. The first kappa shape index (κ1) is 19.7. The van der Waals surface area contributed by atoms with Crippen LogP contribution in [0, 0.1) is 5.82 Å². The largest absolute Gasteiger partial charge is 0.497 e. The molecule has 8 nitrogen and oxygen atoms in total. The van der Waals surface area contributed by atoms with Crippen molar-refractivity contribution in [3.63, 3.8) is 0 Å². The Morgan fingerprint density at radius 3 is 2.80 bits per heavy atom. The third-order valence-corrected chi connectivity index (χ3v) is 4.75. The van der Waals surface area contributed by atoms with Crippen molar-refractivity contribution in [1.29, 1.82) is 0 Å². The fourth-order valence-electron chi connectivity index (χ4n) is 3.22. The van der Waals surface area contributed by atoms with Crippen LogP contribution in [0.4, 0.5) is 4.39 Å². The van der Waals surface area contributed by atoms with Gasteiger partial charge in [0.25, 0.3) is 5.91 Å². The normalized spacial score (nSPS) is 15.2. The van der Waals surface area contributed by atoms with E-state index in [1.54, 1.807) is 12.1 Å². The molecule has 0 saturated carbocycles. The first-order chi connectivity index (χ1) is 14.7. The van der Waals surface area contributed by atoms with Crippen molar-refractivity contribution in [2.45, 2.75) is 32.0 Å². The van der Waals surface area contributed by atoms with Crippen molar-refractivity contribution >= 4 is 17.8 Å². The van der Waals surface area contributed by atoms with E-state index in [0.717, 1.165) is 4.90 Å². The molecule has 0 unspecified atom stereocenters. The average molecular weight is 417 g/mol. The maximum atomic E-state index is 14.1. The third kappa shape index (κ3) is 4.35. The zero-order valence-corrected chi connectivity index (χ0v) is 16.2. The van der Waals surface area contributed by atoms with Gasteiger partial charge >= 0.3 is 5.97 Å². The predicted molar refractivity (Wildman–Crippen MR) is 103 cm³/mol. The zero-order chi connectivity index (χ0) is 22.8. The molecular formula is C21H21FN2O6. The fourth-order valence-corrected chi connectivity index (χ4v) is 3.22. The number of rotatable bonds is 9. The van der Waals surface area contributed by atoms with Gasteiger partial charge in [0.05, 0.1) is 15.0 Å². The lowest BCUT2D eigenvalue weighted by Crippen LogP contribution is -2.45. The summed E-state index contributed by atoms with van der Waals surface area (Å²) in [6.07, 6.45) is -0.965. The van der Waals surface area contributed by atoms with E-state index in [0.29, 0.717) is 11.3 Å². The summed E-state index contributed by atoms with van der Waals surface area (Å²) >= 11 is 0. The molecule has 0 bridgehead atoms. The molecule has 1 aliphatic rings. The Hall–Kier alpha value is -3.62. The number of halogens is 1. The van der Waals surface area contributed by atoms with Gasteiger partial charge in [0.2, 0.25) is 5.91 Å². The average Bonchev–Trinajstić information content (AvgIpc) is 3.09. The Labute approximate surface area is 173 Å². The molecule has 2 amide bonds. The van der Waals surface area contributed by atoms with Gasteiger partial charge in [-0.3, -0.25) is 14.4 Å².